The molecule has 2 atom stereocenters. The van der Waals surface area contributed by atoms with Crippen molar-refractivity contribution < 1.29 is 24.2 Å². The average molecular weight is 470 g/mol. The van der Waals surface area contributed by atoms with Gasteiger partial charge < -0.3 is 14.6 Å². The predicted molar refractivity (Wildman–Crippen MR) is 128 cm³/mol. The van der Waals surface area contributed by atoms with Gasteiger partial charge in [0.15, 0.2) is 11.6 Å². The molecule has 33 heavy (non-hydrogen) atoms. The maximum atomic E-state index is 13.0. The quantitative estimate of drug-likeness (QED) is 0.491. The van der Waals surface area contributed by atoms with E-state index in [0.717, 1.165) is 16.7 Å². The number of hydrogen-bond donors (Lipinski definition) is 1. The molecule has 1 N–H and O–H groups in total. The predicted octanol–water partition coefficient (Wildman–Crippen LogP) is 4.47. The summed E-state index contributed by atoms with van der Waals surface area (Å²) in [5.74, 6) is -1.42. The number of nitrogens with zero attached hydrogens (tertiary/aromatic N) is 1. The summed E-state index contributed by atoms with van der Waals surface area (Å²) in [5.41, 5.74) is 1.58. The van der Waals surface area contributed by atoms with E-state index < -0.39 is 23.6 Å². The lowest BCUT2D eigenvalue weighted by atomic mass is 9.90. The Morgan fingerprint density at radius 2 is 1.82 bits per heavy atom. The van der Waals surface area contributed by atoms with E-state index in [1.807, 2.05) is 36.4 Å². The normalized spacial score (nSPS) is 17.9. The third-order valence-corrected chi connectivity index (χ3v) is 5.50. The van der Waals surface area contributed by atoms with Gasteiger partial charge in [-0.1, -0.05) is 48.0 Å². The highest BCUT2D eigenvalue weighted by Crippen LogP contribution is 2.26. The molecule has 0 bridgehead atoms. The van der Waals surface area contributed by atoms with Crippen LogP contribution in [0.1, 0.15) is 30.5 Å². The lowest BCUT2D eigenvalue weighted by Crippen LogP contribution is -2.38. The third-order valence-electron chi connectivity index (χ3n) is 5.25. The molecule has 0 aliphatic carbocycles. The van der Waals surface area contributed by atoms with Gasteiger partial charge in [0.25, 0.3) is 0 Å². The summed E-state index contributed by atoms with van der Waals surface area (Å²) < 4.78 is 11.1. The molecule has 0 radical (unpaired) electrons. The molecule has 1 aliphatic rings. The monoisotopic (exact) mass is 469 g/mol. The van der Waals surface area contributed by atoms with Crippen molar-refractivity contribution in [3.8, 4) is 0 Å². The number of ether oxygens (including phenoxy) is 2. The van der Waals surface area contributed by atoms with Crippen LogP contribution in [-0.2, 0) is 38.3 Å². The second kappa shape index (κ2) is 11.3. The van der Waals surface area contributed by atoms with Gasteiger partial charge in [0, 0.05) is 30.5 Å². The topological polar surface area (TPSA) is 85.2 Å². The van der Waals surface area contributed by atoms with Crippen LogP contribution < -0.4 is 0 Å². The first-order chi connectivity index (χ1) is 15.8. The first kappa shape index (κ1) is 24.7. The Kier molecular flexibility index (Phi) is 8.42. The molecular weight excluding hydrogens is 442 g/mol. The summed E-state index contributed by atoms with van der Waals surface area (Å²) in [6.07, 6.45) is 5.08. The summed E-state index contributed by atoms with van der Waals surface area (Å²) >= 11 is 5.91. The molecule has 7 heteroatoms. The van der Waals surface area contributed by atoms with Gasteiger partial charge >= 0.3 is 11.9 Å². The number of esters is 1. The molecular formula is C26H28ClNO5. The Balaban J connectivity index is 1.66. The van der Waals surface area contributed by atoms with Crippen molar-refractivity contribution in [3.05, 3.63) is 82.4 Å². The number of carbonyl (C=O) groups is 2. The van der Waals surface area contributed by atoms with Gasteiger partial charge in [-0.2, -0.15) is 0 Å². The van der Waals surface area contributed by atoms with Crippen molar-refractivity contribution >= 4 is 29.8 Å². The molecule has 2 aromatic carbocycles. The number of aliphatic imine (C=N–C) groups is 1. The van der Waals surface area contributed by atoms with Gasteiger partial charge in [0.1, 0.15) is 0 Å². The zero-order chi connectivity index (χ0) is 23.8. The highest BCUT2D eigenvalue weighted by molar-refractivity contribution is 6.30. The van der Waals surface area contributed by atoms with Crippen LogP contribution in [0.5, 0.6) is 0 Å². The average Bonchev–Trinajstić information content (AvgIpc) is 3.24. The molecule has 2 aromatic rings. The Hall–Kier alpha value is -2.96. The molecule has 0 spiro atoms. The number of aliphatic carboxylic acids is 1. The van der Waals surface area contributed by atoms with Crippen molar-refractivity contribution in [2.75, 3.05) is 6.61 Å². The van der Waals surface area contributed by atoms with Crippen molar-refractivity contribution in [3.63, 3.8) is 0 Å². The molecule has 0 aromatic heterocycles. The lowest BCUT2D eigenvalue weighted by molar-refractivity contribution is -0.153. The highest BCUT2D eigenvalue weighted by Gasteiger charge is 2.38. The lowest BCUT2D eigenvalue weighted by Gasteiger charge is -2.23. The van der Waals surface area contributed by atoms with Crippen molar-refractivity contribution in [1.29, 1.82) is 0 Å². The van der Waals surface area contributed by atoms with E-state index in [1.165, 1.54) is 0 Å². The molecule has 6 nitrogen and oxygen atoms in total. The summed E-state index contributed by atoms with van der Waals surface area (Å²) in [6.45, 7) is 3.84. The number of hydrogen-bond acceptors (Lipinski definition) is 5. The molecule has 3 rings (SSSR count). The largest absolute Gasteiger partial charge is 0.479 e. The first-order valence-electron chi connectivity index (χ1n) is 10.9. The molecule has 1 heterocycles. The zero-order valence-corrected chi connectivity index (χ0v) is 19.5. The molecule has 2 unspecified atom stereocenters. The smallest absolute Gasteiger partial charge is 0.338 e. The van der Waals surface area contributed by atoms with E-state index in [0.29, 0.717) is 17.9 Å². The summed E-state index contributed by atoms with van der Waals surface area (Å²) in [7, 11) is 0. The number of carboxylic acids is 1. The standard InChI is InChI=1S/C26H28ClNO5/c1-18(2)33-23(24(29)30)16-20-5-3-6-21(15-20)17-26(12-4-13-28-26)25(31)32-14-11-19-7-9-22(27)10-8-19/h3-10,12-13,15,18,23H,11,14,16-17H2,1-2H3,(H,29,30). The first-order valence-corrected chi connectivity index (χ1v) is 11.3. The fourth-order valence-corrected chi connectivity index (χ4v) is 3.80. The molecule has 0 amide bonds. The van der Waals surface area contributed by atoms with E-state index in [9.17, 15) is 14.7 Å². The van der Waals surface area contributed by atoms with Crippen molar-refractivity contribution in [2.24, 2.45) is 4.99 Å². The highest BCUT2D eigenvalue weighted by atomic mass is 35.5. The second-order valence-electron chi connectivity index (χ2n) is 8.29. The second-order valence-corrected chi connectivity index (χ2v) is 8.72. The van der Waals surface area contributed by atoms with E-state index in [2.05, 4.69) is 4.99 Å². The SMILES string of the molecule is CC(C)OC(Cc1cccc(CC2(C(=O)OCCc3ccc(Cl)cc3)C=CC=N2)c1)C(=O)O. The Morgan fingerprint density at radius 3 is 2.45 bits per heavy atom. The van der Waals surface area contributed by atoms with Gasteiger partial charge in [-0.3, -0.25) is 4.99 Å². The van der Waals surface area contributed by atoms with Crippen LogP contribution in [0, 0.1) is 0 Å². The maximum Gasteiger partial charge on any atom is 0.338 e. The molecule has 1 aliphatic heterocycles. The van der Waals surface area contributed by atoms with Crippen LogP contribution in [0.2, 0.25) is 5.02 Å². The van der Waals surface area contributed by atoms with E-state index in [4.69, 9.17) is 21.1 Å². The van der Waals surface area contributed by atoms with Crippen molar-refractivity contribution in [2.45, 2.75) is 50.9 Å². The number of rotatable bonds is 11. The third kappa shape index (κ3) is 7.01. The maximum absolute atomic E-state index is 13.0. The van der Waals surface area contributed by atoms with E-state index in [1.54, 1.807) is 44.3 Å². The minimum Gasteiger partial charge on any atom is -0.479 e. The summed E-state index contributed by atoms with van der Waals surface area (Å²) in [6, 6.07) is 14.9. The van der Waals surface area contributed by atoms with Crippen LogP contribution in [0.25, 0.3) is 0 Å². The van der Waals surface area contributed by atoms with Crippen LogP contribution in [0.3, 0.4) is 0 Å². The fraction of sp³-hybridized carbons (Fsp3) is 0.346. The van der Waals surface area contributed by atoms with Gasteiger partial charge in [-0.05, 0) is 54.8 Å². The molecule has 0 saturated heterocycles. The van der Waals surface area contributed by atoms with Crippen LogP contribution in [0.4, 0.5) is 0 Å². The van der Waals surface area contributed by atoms with Gasteiger partial charge in [0.05, 0.1) is 12.7 Å². The Bertz CT molecular complexity index is 1020. The number of benzene rings is 2. The van der Waals surface area contributed by atoms with Gasteiger partial charge in [-0.25, -0.2) is 9.59 Å². The Morgan fingerprint density at radius 1 is 1.09 bits per heavy atom. The molecule has 0 fully saturated rings. The van der Waals surface area contributed by atoms with Crippen LogP contribution in [0.15, 0.2) is 65.7 Å². The van der Waals surface area contributed by atoms with E-state index >= 15 is 0 Å². The van der Waals surface area contributed by atoms with Gasteiger partial charge in [0.2, 0.25) is 0 Å². The van der Waals surface area contributed by atoms with Crippen LogP contribution >= 0.6 is 11.6 Å². The zero-order valence-electron chi connectivity index (χ0n) is 18.7. The number of allylic oxidation sites excluding steroid dienone is 1. The minimum atomic E-state index is -1.13. The van der Waals surface area contributed by atoms with Gasteiger partial charge in [-0.15, -0.1) is 0 Å². The molecule has 0 saturated carbocycles. The fourth-order valence-electron chi connectivity index (χ4n) is 3.67. The van der Waals surface area contributed by atoms with Crippen molar-refractivity contribution in [1.82, 2.24) is 0 Å². The summed E-state index contributed by atoms with van der Waals surface area (Å²) in [5, 5.41) is 10.1. The minimum absolute atomic E-state index is 0.196. The Labute approximate surface area is 198 Å². The summed E-state index contributed by atoms with van der Waals surface area (Å²) in [4.78, 5) is 28.9. The molecule has 174 valence electrons. The number of carboxylic acid groups (broad SMARTS) is 1. The number of halogens is 1. The number of carbonyl (C=O) groups excluding carboxylic acids is 1. The van der Waals surface area contributed by atoms with E-state index in [-0.39, 0.29) is 19.1 Å². The van der Waals surface area contributed by atoms with Crippen LogP contribution in [-0.4, -0.2) is 47.6 Å².